The minimum absolute atomic E-state index is 0.0870. The second-order valence-corrected chi connectivity index (χ2v) is 6.79. The zero-order chi connectivity index (χ0) is 16.9. The first-order valence-corrected chi connectivity index (χ1v) is 9.04. The summed E-state index contributed by atoms with van der Waals surface area (Å²) in [4.78, 5) is 11.8. The van der Waals surface area contributed by atoms with Gasteiger partial charge in [0.15, 0.2) is 17.3 Å². The summed E-state index contributed by atoms with van der Waals surface area (Å²) in [5, 5.41) is 6.98. The highest BCUT2D eigenvalue weighted by molar-refractivity contribution is 7.98. The Morgan fingerprint density at radius 2 is 2.17 bits per heavy atom. The number of aryl methyl sites for hydroxylation is 1. The van der Waals surface area contributed by atoms with E-state index in [0.29, 0.717) is 53.5 Å². The van der Waals surface area contributed by atoms with E-state index in [0.717, 1.165) is 11.3 Å². The number of ether oxygens (including phenoxy) is 2. The van der Waals surface area contributed by atoms with Crippen LogP contribution in [0.3, 0.4) is 0 Å². The summed E-state index contributed by atoms with van der Waals surface area (Å²) in [6.45, 7) is 2.82. The molecule has 2 aromatic rings. The van der Waals surface area contributed by atoms with Gasteiger partial charge in [0.25, 0.3) is 0 Å². The van der Waals surface area contributed by atoms with Crippen LogP contribution in [0, 0.1) is 6.92 Å². The first kappa shape index (κ1) is 17.0. The van der Waals surface area contributed by atoms with E-state index in [2.05, 4.69) is 10.5 Å². The predicted octanol–water partition coefficient (Wildman–Crippen LogP) is 3.67. The van der Waals surface area contributed by atoms with E-state index in [-0.39, 0.29) is 5.91 Å². The average Bonchev–Trinajstić information content (AvgIpc) is 2.96. The maximum absolute atomic E-state index is 11.8. The van der Waals surface area contributed by atoms with Crippen LogP contribution in [0.1, 0.15) is 17.7 Å². The fraction of sp³-hybridized carbons (Fsp3) is 0.375. The van der Waals surface area contributed by atoms with Crippen molar-refractivity contribution in [1.82, 2.24) is 5.16 Å². The van der Waals surface area contributed by atoms with E-state index in [1.54, 1.807) is 24.8 Å². The molecule has 0 bridgehead atoms. The van der Waals surface area contributed by atoms with Crippen molar-refractivity contribution < 1.29 is 18.8 Å². The van der Waals surface area contributed by atoms with Gasteiger partial charge in [0.1, 0.15) is 19.0 Å². The zero-order valence-corrected chi connectivity index (χ0v) is 14.7. The molecule has 1 N–H and O–H groups in total. The number of rotatable bonds is 6. The maximum atomic E-state index is 11.8. The van der Waals surface area contributed by atoms with Crippen LogP contribution in [0.5, 0.6) is 11.5 Å². The Bertz CT molecular complexity index is 735. The molecular formula is C16H17ClN2O4S. The smallest absolute Gasteiger partial charge is 0.226 e. The molecule has 1 aliphatic heterocycles. The number of aromatic nitrogens is 1. The number of fused-ring (bicyclic) bond motifs is 1. The number of nitrogens with zero attached hydrogens (tertiary/aromatic N) is 1. The van der Waals surface area contributed by atoms with Crippen LogP contribution in [-0.2, 0) is 10.5 Å². The molecule has 8 heteroatoms. The SMILES string of the molecule is Cc1cc(NC(=O)CCSCc2cc(Cl)c3c(c2)OCCO3)no1. The van der Waals surface area contributed by atoms with Crippen molar-refractivity contribution in [2.24, 2.45) is 0 Å². The van der Waals surface area contributed by atoms with Gasteiger partial charge < -0.3 is 19.3 Å². The molecule has 0 saturated carbocycles. The van der Waals surface area contributed by atoms with Gasteiger partial charge in [-0.1, -0.05) is 16.8 Å². The van der Waals surface area contributed by atoms with Gasteiger partial charge in [-0.25, -0.2) is 0 Å². The third-order valence-electron chi connectivity index (χ3n) is 3.29. The van der Waals surface area contributed by atoms with Crippen LogP contribution in [0.15, 0.2) is 22.7 Å². The first-order chi connectivity index (χ1) is 11.6. The normalized spacial score (nSPS) is 12.9. The van der Waals surface area contributed by atoms with Gasteiger partial charge in [-0.2, -0.15) is 11.8 Å². The topological polar surface area (TPSA) is 73.6 Å². The molecule has 0 radical (unpaired) electrons. The van der Waals surface area contributed by atoms with Crippen LogP contribution >= 0.6 is 23.4 Å². The van der Waals surface area contributed by atoms with E-state index < -0.39 is 0 Å². The second-order valence-electron chi connectivity index (χ2n) is 5.28. The van der Waals surface area contributed by atoms with Crippen molar-refractivity contribution in [3.63, 3.8) is 0 Å². The molecule has 128 valence electrons. The largest absolute Gasteiger partial charge is 0.486 e. The molecule has 1 aromatic heterocycles. The molecule has 3 rings (SSSR count). The van der Waals surface area contributed by atoms with Gasteiger partial charge in [-0.05, 0) is 24.6 Å². The lowest BCUT2D eigenvalue weighted by Gasteiger charge is -2.20. The molecular weight excluding hydrogens is 352 g/mol. The molecule has 1 amide bonds. The molecule has 1 aliphatic rings. The van der Waals surface area contributed by atoms with Crippen molar-refractivity contribution in [2.45, 2.75) is 19.1 Å². The summed E-state index contributed by atoms with van der Waals surface area (Å²) in [6.07, 6.45) is 0.398. The number of carbonyl (C=O) groups excluding carboxylic acids is 1. The van der Waals surface area contributed by atoms with E-state index >= 15 is 0 Å². The van der Waals surface area contributed by atoms with Gasteiger partial charge in [-0.15, -0.1) is 0 Å². The summed E-state index contributed by atoms with van der Waals surface area (Å²) in [5.41, 5.74) is 1.04. The van der Waals surface area contributed by atoms with Crippen molar-refractivity contribution in [3.05, 3.63) is 34.5 Å². The Morgan fingerprint density at radius 1 is 1.33 bits per heavy atom. The lowest BCUT2D eigenvalue weighted by Crippen LogP contribution is -2.15. The van der Waals surface area contributed by atoms with Crippen LogP contribution < -0.4 is 14.8 Å². The lowest BCUT2D eigenvalue weighted by atomic mass is 10.2. The Kier molecular flexibility index (Phi) is 5.52. The van der Waals surface area contributed by atoms with Gasteiger partial charge in [0, 0.05) is 24.0 Å². The van der Waals surface area contributed by atoms with Crippen LogP contribution in [0.4, 0.5) is 5.82 Å². The molecule has 1 aromatic carbocycles. The standard InChI is InChI=1S/C16H17ClN2O4S/c1-10-6-14(19-23-10)18-15(20)2-5-24-9-11-7-12(17)16-13(8-11)21-3-4-22-16/h6-8H,2-5,9H2,1H3,(H,18,19,20). The maximum Gasteiger partial charge on any atom is 0.226 e. The number of hydrogen-bond donors (Lipinski definition) is 1. The summed E-state index contributed by atoms with van der Waals surface area (Å²) >= 11 is 7.86. The molecule has 0 aliphatic carbocycles. The van der Waals surface area contributed by atoms with Gasteiger partial charge in [0.05, 0.1) is 5.02 Å². The van der Waals surface area contributed by atoms with Crippen molar-refractivity contribution in [1.29, 1.82) is 0 Å². The second kappa shape index (κ2) is 7.81. The minimum atomic E-state index is -0.0870. The average molecular weight is 369 g/mol. The predicted molar refractivity (Wildman–Crippen MR) is 93.1 cm³/mol. The molecule has 6 nitrogen and oxygen atoms in total. The van der Waals surface area contributed by atoms with Crippen LogP contribution in [-0.4, -0.2) is 30.0 Å². The fourth-order valence-corrected chi connectivity index (χ4v) is 3.40. The minimum Gasteiger partial charge on any atom is -0.486 e. The molecule has 0 saturated heterocycles. The third-order valence-corrected chi connectivity index (χ3v) is 4.61. The molecule has 0 unspecified atom stereocenters. The fourth-order valence-electron chi connectivity index (χ4n) is 2.23. The van der Waals surface area contributed by atoms with Gasteiger partial charge in [-0.3, -0.25) is 4.79 Å². The number of thioether (sulfide) groups is 1. The van der Waals surface area contributed by atoms with E-state index in [9.17, 15) is 4.79 Å². The number of hydrogen-bond acceptors (Lipinski definition) is 6. The summed E-state index contributed by atoms with van der Waals surface area (Å²) in [7, 11) is 0. The number of anilines is 1. The Balaban J connectivity index is 1.45. The summed E-state index contributed by atoms with van der Waals surface area (Å²) in [5.74, 6) is 3.75. The number of nitrogens with one attached hydrogen (secondary N) is 1. The van der Waals surface area contributed by atoms with Gasteiger partial charge in [0.2, 0.25) is 5.91 Å². The summed E-state index contributed by atoms with van der Waals surface area (Å²) in [6, 6.07) is 5.49. The van der Waals surface area contributed by atoms with Crippen molar-refractivity contribution >= 4 is 35.1 Å². The van der Waals surface area contributed by atoms with Crippen molar-refractivity contribution in [3.8, 4) is 11.5 Å². The highest BCUT2D eigenvalue weighted by atomic mass is 35.5. The first-order valence-electron chi connectivity index (χ1n) is 7.51. The molecule has 0 atom stereocenters. The monoisotopic (exact) mass is 368 g/mol. The Morgan fingerprint density at radius 3 is 2.96 bits per heavy atom. The lowest BCUT2D eigenvalue weighted by molar-refractivity contribution is -0.115. The molecule has 0 fully saturated rings. The number of amides is 1. The third kappa shape index (κ3) is 4.36. The molecule has 0 spiro atoms. The summed E-state index contributed by atoms with van der Waals surface area (Å²) < 4.78 is 16.0. The quantitative estimate of drug-likeness (QED) is 0.784. The highest BCUT2D eigenvalue weighted by Gasteiger charge is 2.16. The van der Waals surface area contributed by atoms with E-state index in [1.807, 2.05) is 12.1 Å². The van der Waals surface area contributed by atoms with Crippen LogP contribution in [0.25, 0.3) is 0 Å². The van der Waals surface area contributed by atoms with Crippen molar-refractivity contribution in [2.75, 3.05) is 24.3 Å². The van der Waals surface area contributed by atoms with Crippen LogP contribution in [0.2, 0.25) is 5.02 Å². The van der Waals surface area contributed by atoms with E-state index in [4.69, 9.17) is 25.6 Å². The highest BCUT2D eigenvalue weighted by Crippen LogP contribution is 2.39. The number of carbonyl (C=O) groups is 1. The molecule has 2 heterocycles. The zero-order valence-electron chi connectivity index (χ0n) is 13.1. The molecule has 24 heavy (non-hydrogen) atoms. The van der Waals surface area contributed by atoms with Gasteiger partial charge >= 0.3 is 0 Å². The Labute approximate surface area is 148 Å². The number of halogens is 1. The Hall–Kier alpha value is -1.86. The van der Waals surface area contributed by atoms with E-state index in [1.165, 1.54) is 0 Å². The number of benzene rings is 1.